The lowest BCUT2D eigenvalue weighted by atomic mass is 10.1. The molecule has 1 aromatic heterocycles. The lowest BCUT2D eigenvalue weighted by molar-refractivity contribution is -0.117. The molecule has 0 atom stereocenters. The van der Waals surface area contributed by atoms with E-state index in [9.17, 15) is 14.4 Å². The molecule has 148 valence electrons. The molecule has 0 unspecified atom stereocenters. The fourth-order valence-corrected chi connectivity index (χ4v) is 3.27. The maximum atomic E-state index is 12.3. The highest BCUT2D eigenvalue weighted by atomic mass is 16.2. The molecule has 7 heteroatoms. The van der Waals surface area contributed by atoms with Crippen LogP contribution in [0.2, 0.25) is 0 Å². The van der Waals surface area contributed by atoms with Crippen molar-refractivity contribution in [3.8, 4) is 0 Å². The van der Waals surface area contributed by atoms with Crippen molar-refractivity contribution in [3.05, 3.63) is 58.5 Å². The smallest absolute Gasteiger partial charge is 0.255 e. The van der Waals surface area contributed by atoms with Crippen LogP contribution in [0.25, 0.3) is 0 Å². The third kappa shape index (κ3) is 5.29. The molecule has 3 rings (SSSR count). The average molecular weight is 382 g/mol. The summed E-state index contributed by atoms with van der Waals surface area (Å²) in [4.78, 5) is 38.5. The van der Waals surface area contributed by atoms with Crippen molar-refractivity contribution in [2.45, 2.75) is 32.7 Å². The van der Waals surface area contributed by atoms with E-state index in [0.717, 1.165) is 25.9 Å². The summed E-state index contributed by atoms with van der Waals surface area (Å²) in [5.74, 6) is -0.377. The number of aryl methyl sites for hydroxylation is 1. The van der Waals surface area contributed by atoms with Crippen LogP contribution in [0.5, 0.6) is 0 Å². The number of hydrogen-bond acceptors (Lipinski definition) is 4. The van der Waals surface area contributed by atoms with Crippen LogP contribution >= 0.6 is 0 Å². The van der Waals surface area contributed by atoms with Crippen LogP contribution in [-0.4, -0.2) is 40.9 Å². The number of likely N-dealkylation sites (tertiary alicyclic amines) is 1. The van der Waals surface area contributed by atoms with E-state index < -0.39 is 0 Å². The maximum Gasteiger partial charge on any atom is 0.255 e. The van der Waals surface area contributed by atoms with Gasteiger partial charge in [-0.15, -0.1) is 0 Å². The summed E-state index contributed by atoms with van der Waals surface area (Å²) in [7, 11) is 0. The van der Waals surface area contributed by atoms with Crippen LogP contribution in [0.4, 0.5) is 11.4 Å². The van der Waals surface area contributed by atoms with Crippen LogP contribution in [-0.2, 0) is 11.3 Å². The third-order valence-electron chi connectivity index (χ3n) is 4.84. The van der Waals surface area contributed by atoms with E-state index >= 15 is 0 Å². The van der Waals surface area contributed by atoms with Crippen molar-refractivity contribution >= 4 is 23.2 Å². The number of nitrogens with zero attached hydrogens (tertiary/aromatic N) is 2. The molecule has 2 amide bonds. The molecule has 2 N–H and O–H groups in total. The first-order chi connectivity index (χ1) is 13.5. The van der Waals surface area contributed by atoms with E-state index in [1.54, 1.807) is 36.5 Å². The molecule has 0 radical (unpaired) electrons. The van der Waals surface area contributed by atoms with Gasteiger partial charge in [0.15, 0.2) is 0 Å². The number of pyridine rings is 1. The number of benzene rings is 1. The molecule has 0 spiro atoms. The van der Waals surface area contributed by atoms with Gasteiger partial charge in [-0.25, -0.2) is 0 Å². The molecule has 1 saturated heterocycles. The van der Waals surface area contributed by atoms with Gasteiger partial charge < -0.3 is 15.2 Å². The molecule has 1 aromatic carbocycles. The quantitative estimate of drug-likeness (QED) is 0.804. The monoisotopic (exact) mass is 382 g/mol. The summed E-state index contributed by atoms with van der Waals surface area (Å²) in [6, 6.07) is 9.89. The second-order valence-electron chi connectivity index (χ2n) is 6.96. The van der Waals surface area contributed by atoms with Gasteiger partial charge in [-0.05, 0) is 63.2 Å². The number of aromatic nitrogens is 1. The molecule has 1 aliphatic rings. The summed E-state index contributed by atoms with van der Waals surface area (Å²) in [5, 5.41) is 5.65. The molecule has 0 saturated carbocycles. The number of piperidine rings is 1. The van der Waals surface area contributed by atoms with Gasteiger partial charge in [0.1, 0.15) is 0 Å². The number of hydrogen-bond donors (Lipinski definition) is 2. The van der Waals surface area contributed by atoms with Crippen LogP contribution in [0.15, 0.2) is 47.4 Å². The van der Waals surface area contributed by atoms with Crippen LogP contribution in [0, 0.1) is 0 Å². The van der Waals surface area contributed by atoms with Crippen LogP contribution in [0.3, 0.4) is 0 Å². The zero-order chi connectivity index (χ0) is 19.9. The van der Waals surface area contributed by atoms with Crippen molar-refractivity contribution in [2.24, 2.45) is 0 Å². The minimum atomic E-state index is -0.345. The van der Waals surface area contributed by atoms with Crippen LogP contribution in [0.1, 0.15) is 36.5 Å². The van der Waals surface area contributed by atoms with Crippen molar-refractivity contribution < 1.29 is 9.59 Å². The second-order valence-corrected chi connectivity index (χ2v) is 6.96. The first-order valence-electron chi connectivity index (χ1n) is 9.69. The lowest BCUT2D eigenvalue weighted by Crippen LogP contribution is -2.36. The molecule has 1 aliphatic heterocycles. The predicted molar refractivity (Wildman–Crippen MR) is 110 cm³/mol. The summed E-state index contributed by atoms with van der Waals surface area (Å²) in [6.07, 6.45) is 5.14. The summed E-state index contributed by atoms with van der Waals surface area (Å²) >= 11 is 0. The number of rotatable bonds is 6. The van der Waals surface area contributed by atoms with Crippen molar-refractivity contribution in [3.63, 3.8) is 0 Å². The maximum absolute atomic E-state index is 12.3. The first kappa shape index (κ1) is 19.8. The van der Waals surface area contributed by atoms with E-state index in [0.29, 0.717) is 30.0 Å². The van der Waals surface area contributed by atoms with Crippen LogP contribution < -0.4 is 16.2 Å². The first-order valence-corrected chi connectivity index (χ1v) is 9.69. The van der Waals surface area contributed by atoms with Crippen molar-refractivity contribution in [1.29, 1.82) is 0 Å². The Morgan fingerprint density at radius 1 is 0.964 bits per heavy atom. The van der Waals surface area contributed by atoms with Gasteiger partial charge in [-0.2, -0.15) is 0 Å². The van der Waals surface area contributed by atoms with Gasteiger partial charge in [0, 0.05) is 35.7 Å². The standard InChI is InChI=1S/C21H26N4O3/c1-2-25-13-10-16(14-20(25)27)21(28)23-18-8-6-17(7-9-18)22-19(26)15-24-11-4-3-5-12-24/h6-10,13-14H,2-5,11-12,15H2,1H3,(H,22,26)(H,23,28). The second kappa shape index (κ2) is 9.32. The van der Waals surface area contributed by atoms with Gasteiger partial charge in [-0.1, -0.05) is 6.42 Å². The third-order valence-corrected chi connectivity index (χ3v) is 4.84. The Balaban J connectivity index is 1.55. The van der Waals surface area contributed by atoms with Gasteiger partial charge in [0.05, 0.1) is 6.54 Å². The average Bonchev–Trinajstić information content (AvgIpc) is 2.70. The highest BCUT2D eigenvalue weighted by Crippen LogP contribution is 2.15. The molecule has 28 heavy (non-hydrogen) atoms. The topological polar surface area (TPSA) is 83.4 Å². The van der Waals surface area contributed by atoms with Crippen molar-refractivity contribution in [1.82, 2.24) is 9.47 Å². The van der Waals surface area contributed by atoms with Crippen molar-refractivity contribution in [2.75, 3.05) is 30.3 Å². The fourth-order valence-electron chi connectivity index (χ4n) is 3.27. The van der Waals surface area contributed by atoms with E-state index in [2.05, 4.69) is 15.5 Å². The summed E-state index contributed by atoms with van der Waals surface area (Å²) in [6.45, 7) is 4.78. The number of nitrogens with one attached hydrogen (secondary N) is 2. The number of carbonyl (C=O) groups is 2. The van der Waals surface area contributed by atoms with E-state index in [-0.39, 0.29) is 17.4 Å². The molecular formula is C21H26N4O3. The van der Waals surface area contributed by atoms with Gasteiger partial charge in [-0.3, -0.25) is 19.3 Å². The van der Waals surface area contributed by atoms with E-state index in [1.807, 2.05) is 6.92 Å². The Labute approximate surface area is 164 Å². The molecule has 2 heterocycles. The Bertz CT molecular complexity index is 883. The number of anilines is 2. The highest BCUT2D eigenvalue weighted by molar-refractivity contribution is 6.04. The highest BCUT2D eigenvalue weighted by Gasteiger charge is 2.14. The Kier molecular flexibility index (Phi) is 6.60. The van der Waals surface area contributed by atoms with E-state index in [4.69, 9.17) is 0 Å². The minimum absolute atomic E-state index is 0.0322. The normalized spacial score (nSPS) is 14.5. The fraction of sp³-hybridized carbons (Fsp3) is 0.381. The number of carbonyl (C=O) groups excluding carboxylic acids is 2. The molecule has 0 bridgehead atoms. The Hall–Kier alpha value is -2.93. The lowest BCUT2D eigenvalue weighted by Gasteiger charge is -2.25. The molecule has 1 fully saturated rings. The Morgan fingerprint density at radius 2 is 1.61 bits per heavy atom. The van der Waals surface area contributed by atoms with Gasteiger partial charge in [0.2, 0.25) is 5.91 Å². The van der Waals surface area contributed by atoms with Gasteiger partial charge >= 0.3 is 0 Å². The Morgan fingerprint density at radius 3 is 2.21 bits per heavy atom. The van der Waals surface area contributed by atoms with Gasteiger partial charge in [0.25, 0.3) is 11.5 Å². The van der Waals surface area contributed by atoms with E-state index in [1.165, 1.54) is 17.1 Å². The largest absolute Gasteiger partial charge is 0.325 e. The molecule has 0 aliphatic carbocycles. The molecule has 7 nitrogen and oxygen atoms in total. The zero-order valence-corrected chi connectivity index (χ0v) is 16.1. The molecular weight excluding hydrogens is 356 g/mol. The molecule has 2 aromatic rings. The summed E-state index contributed by atoms with van der Waals surface area (Å²) < 4.78 is 1.53. The minimum Gasteiger partial charge on any atom is -0.325 e. The number of amides is 2. The zero-order valence-electron chi connectivity index (χ0n) is 16.1. The summed E-state index contributed by atoms with van der Waals surface area (Å²) in [5.41, 5.74) is 1.39. The predicted octanol–water partition coefficient (Wildman–Crippen LogP) is 2.54. The SMILES string of the molecule is CCn1ccc(C(=O)Nc2ccc(NC(=O)CN3CCCCC3)cc2)cc1=O.